The first kappa shape index (κ1) is 24.0. The van der Waals surface area contributed by atoms with E-state index < -0.39 is 12.0 Å². The molecule has 178 valence electrons. The Labute approximate surface area is 199 Å². The van der Waals surface area contributed by atoms with Crippen molar-refractivity contribution in [2.75, 3.05) is 20.6 Å². The van der Waals surface area contributed by atoms with E-state index in [9.17, 15) is 9.18 Å². The molecule has 0 radical (unpaired) electrons. The van der Waals surface area contributed by atoms with Crippen LogP contribution in [0.5, 0.6) is 5.75 Å². The number of hydrogen-bond donors (Lipinski definition) is 2. The number of rotatable bonds is 7. The van der Waals surface area contributed by atoms with Crippen LogP contribution in [0.3, 0.4) is 0 Å². The van der Waals surface area contributed by atoms with E-state index in [4.69, 9.17) is 21.4 Å². The van der Waals surface area contributed by atoms with Gasteiger partial charge in [0.05, 0.1) is 5.02 Å². The number of carboxylic acids is 1. The zero-order chi connectivity index (χ0) is 23.6. The number of aliphatic carboxylic acids is 1. The predicted octanol–water partition coefficient (Wildman–Crippen LogP) is 4.86. The minimum atomic E-state index is -0.888. The van der Waals surface area contributed by atoms with E-state index in [1.807, 2.05) is 6.07 Å². The number of nitrogens with zero attached hydrogens (tertiary/aromatic N) is 1. The SMILES string of the molecule is CN(C)C1(c2ccccc2)CCC(Cc2cc(O[C@@H]3CN[C@H](C(=O)O)C3)cc(Cl)c2F)CC1. The van der Waals surface area contributed by atoms with Gasteiger partial charge in [-0.25, -0.2) is 4.39 Å². The maximum atomic E-state index is 14.9. The summed E-state index contributed by atoms with van der Waals surface area (Å²) >= 11 is 6.20. The first-order valence-electron chi connectivity index (χ1n) is 11.6. The number of carbonyl (C=O) groups is 1. The molecule has 0 amide bonds. The Kier molecular flexibility index (Phi) is 7.27. The van der Waals surface area contributed by atoms with Gasteiger partial charge < -0.3 is 15.2 Å². The highest BCUT2D eigenvalue weighted by Gasteiger charge is 2.39. The Hall–Kier alpha value is -2.15. The molecule has 1 aliphatic heterocycles. The lowest BCUT2D eigenvalue weighted by Crippen LogP contribution is -2.44. The van der Waals surface area contributed by atoms with Crippen LogP contribution >= 0.6 is 11.6 Å². The number of benzene rings is 2. The summed E-state index contributed by atoms with van der Waals surface area (Å²) in [6.45, 7) is 0.441. The summed E-state index contributed by atoms with van der Waals surface area (Å²) in [5, 5.41) is 12.1. The van der Waals surface area contributed by atoms with E-state index in [2.05, 4.69) is 48.6 Å². The molecule has 2 fully saturated rings. The van der Waals surface area contributed by atoms with E-state index in [1.54, 1.807) is 6.07 Å². The Morgan fingerprint density at radius 1 is 1.24 bits per heavy atom. The van der Waals surface area contributed by atoms with Gasteiger partial charge in [0.15, 0.2) is 0 Å². The Morgan fingerprint density at radius 3 is 2.55 bits per heavy atom. The molecule has 0 aromatic heterocycles. The van der Waals surface area contributed by atoms with E-state index in [1.165, 1.54) is 11.6 Å². The minimum Gasteiger partial charge on any atom is -0.489 e. The van der Waals surface area contributed by atoms with Gasteiger partial charge in [-0.1, -0.05) is 41.9 Å². The smallest absolute Gasteiger partial charge is 0.320 e. The third kappa shape index (κ3) is 5.18. The molecule has 7 heteroatoms. The summed E-state index contributed by atoms with van der Waals surface area (Å²) in [7, 11) is 4.28. The van der Waals surface area contributed by atoms with Crippen molar-refractivity contribution in [3.8, 4) is 5.75 Å². The lowest BCUT2D eigenvalue weighted by molar-refractivity contribution is -0.139. The summed E-state index contributed by atoms with van der Waals surface area (Å²) in [4.78, 5) is 13.5. The monoisotopic (exact) mass is 474 g/mol. The molecule has 0 unspecified atom stereocenters. The average molecular weight is 475 g/mol. The second-order valence-corrected chi connectivity index (χ2v) is 10.00. The van der Waals surface area contributed by atoms with Crippen molar-refractivity contribution in [1.29, 1.82) is 0 Å². The Bertz CT molecular complexity index is 977. The molecular formula is C26H32ClFN2O3. The van der Waals surface area contributed by atoms with E-state index in [0.717, 1.165) is 25.7 Å². The van der Waals surface area contributed by atoms with Crippen molar-refractivity contribution in [1.82, 2.24) is 10.2 Å². The largest absolute Gasteiger partial charge is 0.489 e. The normalized spacial score (nSPS) is 27.6. The van der Waals surface area contributed by atoms with Crippen LogP contribution in [0.1, 0.15) is 43.2 Å². The molecule has 0 spiro atoms. The van der Waals surface area contributed by atoms with Gasteiger partial charge in [-0.2, -0.15) is 0 Å². The van der Waals surface area contributed by atoms with Crippen LogP contribution in [0.15, 0.2) is 42.5 Å². The molecule has 2 aliphatic rings. The van der Waals surface area contributed by atoms with E-state index in [-0.39, 0.29) is 22.5 Å². The van der Waals surface area contributed by atoms with Crippen molar-refractivity contribution >= 4 is 17.6 Å². The van der Waals surface area contributed by atoms with Crippen LogP contribution in [0.25, 0.3) is 0 Å². The molecule has 1 saturated heterocycles. The fraction of sp³-hybridized carbons (Fsp3) is 0.500. The highest BCUT2D eigenvalue weighted by atomic mass is 35.5. The summed E-state index contributed by atoms with van der Waals surface area (Å²) in [6.07, 6.45) is 4.75. The van der Waals surface area contributed by atoms with Crippen molar-refractivity contribution in [3.05, 3.63) is 64.4 Å². The number of halogens is 2. The minimum absolute atomic E-state index is 0.00899. The molecule has 1 heterocycles. The molecule has 4 rings (SSSR count). The summed E-state index contributed by atoms with van der Waals surface area (Å²) < 4.78 is 20.8. The van der Waals surface area contributed by atoms with Crippen LogP contribution in [0, 0.1) is 11.7 Å². The zero-order valence-corrected chi connectivity index (χ0v) is 19.9. The average Bonchev–Trinajstić information content (AvgIpc) is 3.27. The molecule has 2 aromatic carbocycles. The second-order valence-electron chi connectivity index (χ2n) is 9.59. The molecule has 1 aliphatic carbocycles. The van der Waals surface area contributed by atoms with Crippen molar-refractivity contribution in [3.63, 3.8) is 0 Å². The first-order valence-corrected chi connectivity index (χ1v) is 12.0. The summed E-state index contributed by atoms with van der Waals surface area (Å²) in [5.41, 5.74) is 1.91. The van der Waals surface area contributed by atoms with Crippen LogP contribution in [0.4, 0.5) is 4.39 Å². The molecule has 1 saturated carbocycles. The summed E-state index contributed by atoms with van der Waals surface area (Å²) in [6, 6.07) is 13.2. The number of nitrogens with one attached hydrogen (secondary N) is 1. The van der Waals surface area contributed by atoms with Crippen LogP contribution in [0.2, 0.25) is 5.02 Å². The highest BCUT2D eigenvalue weighted by Crippen LogP contribution is 2.44. The molecule has 5 nitrogen and oxygen atoms in total. The van der Waals surface area contributed by atoms with Gasteiger partial charge in [0.25, 0.3) is 0 Å². The molecule has 2 N–H and O–H groups in total. The molecule has 0 bridgehead atoms. The quantitative estimate of drug-likeness (QED) is 0.600. The standard InChI is InChI=1S/C26H32ClFN2O3/c1-30(2)26(19-6-4-3-5-7-19)10-8-17(9-11-26)12-18-13-20(14-22(27)24(18)28)33-21-15-23(25(31)32)29-16-21/h3-7,13-14,17,21,23,29H,8-12,15-16H2,1-2H3,(H,31,32)/t17?,21-,23-,26?/m0/s1. The molecule has 2 aromatic rings. The molecular weight excluding hydrogens is 443 g/mol. The number of carboxylic acid groups (broad SMARTS) is 1. The van der Waals surface area contributed by atoms with Gasteiger partial charge in [0, 0.05) is 24.6 Å². The van der Waals surface area contributed by atoms with Gasteiger partial charge >= 0.3 is 5.97 Å². The van der Waals surface area contributed by atoms with Gasteiger partial charge in [-0.3, -0.25) is 9.69 Å². The van der Waals surface area contributed by atoms with Gasteiger partial charge in [-0.05, 0) is 69.3 Å². The lowest BCUT2D eigenvalue weighted by Gasteiger charge is -2.45. The topological polar surface area (TPSA) is 61.8 Å². The van der Waals surface area contributed by atoms with Gasteiger partial charge in [-0.15, -0.1) is 0 Å². The number of ether oxygens (including phenoxy) is 1. The van der Waals surface area contributed by atoms with Gasteiger partial charge in [0.2, 0.25) is 0 Å². The predicted molar refractivity (Wildman–Crippen MR) is 127 cm³/mol. The zero-order valence-electron chi connectivity index (χ0n) is 19.2. The highest BCUT2D eigenvalue weighted by molar-refractivity contribution is 6.31. The van der Waals surface area contributed by atoms with Gasteiger partial charge in [0.1, 0.15) is 23.7 Å². The van der Waals surface area contributed by atoms with E-state index in [0.29, 0.717) is 36.6 Å². The lowest BCUT2D eigenvalue weighted by atomic mass is 9.70. The maximum absolute atomic E-state index is 14.9. The Balaban J connectivity index is 1.44. The van der Waals surface area contributed by atoms with Crippen LogP contribution in [-0.2, 0) is 16.8 Å². The maximum Gasteiger partial charge on any atom is 0.320 e. The first-order chi connectivity index (χ1) is 15.8. The van der Waals surface area contributed by atoms with Crippen molar-refractivity contribution in [2.24, 2.45) is 5.92 Å². The van der Waals surface area contributed by atoms with Crippen molar-refractivity contribution < 1.29 is 19.0 Å². The van der Waals surface area contributed by atoms with Crippen molar-refractivity contribution in [2.45, 2.75) is 56.2 Å². The number of hydrogen-bond acceptors (Lipinski definition) is 4. The fourth-order valence-corrected chi connectivity index (χ4v) is 5.65. The van der Waals surface area contributed by atoms with Crippen LogP contribution < -0.4 is 10.1 Å². The fourth-order valence-electron chi connectivity index (χ4n) is 5.42. The van der Waals surface area contributed by atoms with E-state index >= 15 is 0 Å². The third-order valence-corrected chi connectivity index (χ3v) is 7.65. The molecule has 2 atom stereocenters. The third-order valence-electron chi connectivity index (χ3n) is 7.38. The summed E-state index contributed by atoms with van der Waals surface area (Å²) in [5.74, 6) is -0.408. The Morgan fingerprint density at radius 2 is 1.94 bits per heavy atom. The molecule has 33 heavy (non-hydrogen) atoms. The van der Waals surface area contributed by atoms with Crippen LogP contribution in [-0.4, -0.2) is 48.8 Å². The second kappa shape index (κ2) is 10.00.